The highest BCUT2D eigenvalue weighted by Crippen LogP contribution is 2.15. The first kappa shape index (κ1) is 23.8. The molecule has 1 aromatic heterocycles. The Morgan fingerprint density at radius 2 is 2.00 bits per heavy atom. The Labute approximate surface area is 168 Å². The summed E-state index contributed by atoms with van der Waals surface area (Å²) in [5.41, 5.74) is -0.538. The van der Waals surface area contributed by atoms with E-state index in [4.69, 9.17) is 4.42 Å². The minimum Gasteiger partial charge on any atom is -0.469 e. The lowest BCUT2D eigenvalue weighted by Gasteiger charge is -2.22. The van der Waals surface area contributed by atoms with E-state index >= 15 is 0 Å². The number of hydrogen-bond acceptors (Lipinski definition) is 3. The summed E-state index contributed by atoms with van der Waals surface area (Å²) < 4.78 is 5.33. The molecule has 0 unspecified atom stereocenters. The van der Waals surface area contributed by atoms with E-state index in [2.05, 4.69) is 34.8 Å². The molecule has 7 heteroatoms. The number of hydrogen-bond donors (Lipinski definition) is 3. The molecule has 1 aromatic rings. The van der Waals surface area contributed by atoms with E-state index in [0.29, 0.717) is 19.0 Å². The van der Waals surface area contributed by atoms with E-state index in [1.165, 1.54) is 0 Å². The van der Waals surface area contributed by atoms with Crippen LogP contribution in [-0.2, 0) is 11.2 Å². The normalized spacial score (nSPS) is 11.8. The minimum absolute atomic E-state index is 0. The molecule has 144 valence electrons. The molecule has 0 fully saturated rings. The first-order valence-corrected chi connectivity index (χ1v) is 8.68. The summed E-state index contributed by atoms with van der Waals surface area (Å²) in [7, 11) is 0. The maximum absolute atomic E-state index is 12.1. The third kappa shape index (κ3) is 9.72. The Bertz CT molecular complexity index is 513. The van der Waals surface area contributed by atoms with Gasteiger partial charge >= 0.3 is 0 Å². The predicted molar refractivity (Wildman–Crippen MR) is 113 cm³/mol. The van der Waals surface area contributed by atoms with Gasteiger partial charge in [-0.15, -0.1) is 24.0 Å². The molecular weight excluding hydrogens is 431 g/mol. The molecule has 0 bridgehead atoms. The number of halogens is 1. The first-order chi connectivity index (χ1) is 11.3. The molecule has 1 rings (SSSR count). The summed E-state index contributed by atoms with van der Waals surface area (Å²) in [5, 5.41) is 9.48. The van der Waals surface area contributed by atoms with Crippen molar-refractivity contribution in [1.29, 1.82) is 0 Å². The van der Waals surface area contributed by atoms with Crippen molar-refractivity contribution in [2.75, 3.05) is 26.2 Å². The lowest BCUT2D eigenvalue weighted by atomic mass is 9.92. The van der Waals surface area contributed by atoms with E-state index in [1.807, 2.05) is 32.9 Å². The summed E-state index contributed by atoms with van der Waals surface area (Å²) in [6.07, 6.45) is 2.46. The van der Waals surface area contributed by atoms with Gasteiger partial charge in [0.1, 0.15) is 5.76 Å². The largest absolute Gasteiger partial charge is 0.469 e. The number of nitrogens with one attached hydrogen (secondary N) is 3. The number of amides is 1. The summed E-state index contributed by atoms with van der Waals surface area (Å²) in [4.78, 5) is 16.7. The van der Waals surface area contributed by atoms with E-state index in [-0.39, 0.29) is 29.9 Å². The lowest BCUT2D eigenvalue weighted by molar-refractivity contribution is -0.128. The molecule has 0 atom stereocenters. The number of guanidine groups is 1. The van der Waals surface area contributed by atoms with Crippen LogP contribution in [0, 0.1) is 11.3 Å². The summed E-state index contributed by atoms with van der Waals surface area (Å²) in [5.74, 6) is 2.20. The quantitative estimate of drug-likeness (QED) is 0.299. The number of aliphatic imine (C=N–C) groups is 1. The fraction of sp³-hybridized carbons (Fsp3) is 0.667. The zero-order valence-electron chi connectivity index (χ0n) is 16.0. The number of carbonyl (C=O) groups excluding carboxylic acids is 1. The number of carbonyl (C=O) groups is 1. The van der Waals surface area contributed by atoms with Crippen molar-refractivity contribution in [3.8, 4) is 0 Å². The monoisotopic (exact) mass is 464 g/mol. The molecule has 6 nitrogen and oxygen atoms in total. The van der Waals surface area contributed by atoms with Gasteiger partial charge in [0.25, 0.3) is 0 Å². The number of nitrogens with zero attached hydrogens (tertiary/aromatic N) is 1. The van der Waals surface area contributed by atoms with Gasteiger partial charge in [-0.05, 0) is 38.8 Å². The van der Waals surface area contributed by atoms with Gasteiger partial charge in [-0.3, -0.25) is 9.79 Å². The van der Waals surface area contributed by atoms with E-state index in [9.17, 15) is 4.79 Å². The van der Waals surface area contributed by atoms with E-state index in [0.717, 1.165) is 31.2 Å². The number of furan rings is 1. The van der Waals surface area contributed by atoms with Gasteiger partial charge in [0.15, 0.2) is 5.96 Å². The summed E-state index contributed by atoms with van der Waals surface area (Å²) >= 11 is 0. The van der Waals surface area contributed by atoms with Crippen LogP contribution in [0.3, 0.4) is 0 Å². The SMILES string of the molecule is CCNC(=O)C(C)(C)CN=C(NCCc1ccco1)NCC(C)C.I. The van der Waals surface area contributed by atoms with Crippen LogP contribution >= 0.6 is 24.0 Å². The summed E-state index contributed by atoms with van der Waals surface area (Å²) in [6.45, 7) is 12.6. The molecule has 0 aliphatic rings. The van der Waals surface area contributed by atoms with Crippen LogP contribution in [-0.4, -0.2) is 38.0 Å². The fourth-order valence-electron chi connectivity index (χ4n) is 1.98. The molecule has 0 saturated heterocycles. The van der Waals surface area contributed by atoms with Gasteiger partial charge < -0.3 is 20.4 Å². The molecule has 1 heterocycles. The van der Waals surface area contributed by atoms with Crippen molar-refractivity contribution in [1.82, 2.24) is 16.0 Å². The van der Waals surface area contributed by atoms with E-state index in [1.54, 1.807) is 6.26 Å². The zero-order valence-corrected chi connectivity index (χ0v) is 18.3. The van der Waals surface area contributed by atoms with Crippen LogP contribution in [0.4, 0.5) is 0 Å². The van der Waals surface area contributed by atoms with Gasteiger partial charge in [0.2, 0.25) is 5.91 Å². The molecule has 25 heavy (non-hydrogen) atoms. The second-order valence-electron chi connectivity index (χ2n) is 6.94. The molecule has 0 spiro atoms. The Kier molecular flexibility index (Phi) is 11.6. The molecule has 3 N–H and O–H groups in total. The van der Waals surface area contributed by atoms with Crippen molar-refractivity contribution in [2.45, 2.75) is 41.0 Å². The third-order valence-electron chi connectivity index (χ3n) is 3.51. The Morgan fingerprint density at radius 1 is 1.28 bits per heavy atom. The van der Waals surface area contributed by atoms with Gasteiger partial charge in [0.05, 0.1) is 18.2 Å². The van der Waals surface area contributed by atoms with Crippen molar-refractivity contribution >= 4 is 35.8 Å². The van der Waals surface area contributed by atoms with Crippen molar-refractivity contribution in [3.63, 3.8) is 0 Å². The fourth-order valence-corrected chi connectivity index (χ4v) is 1.98. The highest BCUT2D eigenvalue weighted by atomic mass is 127. The van der Waals surface area contributed by atoms with Gasteiger partial charge in [0, 0.05) is 26.1 Å². The van der Waals surface area contributed by atoms with E-state index < -0.39 is 5.41 Å². The molecule has 1 amide bonds. The molecule has 0 aromatic carbocycles. The highest BCUT2D eigenvalue weighted by molar-refractivity contribution is 14.0. The average molecular weight is 464 g/mol. The summed E-state index contributed by atoms with van der Waals surface area (Å²) in [6, 6.07) is 3.84. The van der Waals surface area contributed by atoms with Crippen molar-refractivity contribution in [3.05, 3.63) is 24.2 Å². The standard InChI is InChI=1S/C18H32N4O2.HI/c1-6-19-16(23)18(4,5)13-22-17(21-12-14(2)3)20-10-9-15-8-7-11-24-15;/h7-8,11,14H,6,9-10,12-13H2,1-5H3,(H,19,23)(H2,20,21,22);1H. The smallest absolute Gasteiger partial charge is 0.227 e. The first-order valence-electron chi connectivity index (χ1n) is 8.68. The molecule has 0 aliphatic heterocycles. The van der Waals surface area contributed by atoms with Gasteiger partial charge in [-0.1, -0.05) is 13.8 Å². The second kappa shape index (κ2) is 12.2. The second-order valence-corrected chi connectivity index (χ2v) is 6.94. The third-order valence-corrected chi connectivity index (χ3v) is 3.51. The minimum atomic E-state index is -0.538. The van der Waals surface area contributed by atoms with Crippen LogP contribution in [0.5, 0.6) is 0 Å². The maximum Gasteiger partial charge on any atom is 0.227 e. The van der Waals surface area contributed by atoms with Gasteiger partial charge in [-0.25, -0.2) is 0 Å². The van der Waals surface area contributed by atoms with Crippen LogP contribution in [0.2, 0.25) is 0 Å². The highest BCUT2D eigenvalue weighted by Gasteiger charge is 2.26. The Balaban J connectivity index is 0.00000576. The zero-order chi connectivity index (χ0) is 18.0. The Hall–Kier alpha value is -1.25. The lowest BCUT2D eigenvalue weighted by Crippen LogP contribution is -2.43. The molecule has 0 saturated carbocycles. The predicted octanol–water partition coefficient (Wildman–Crippen LogP) is 2.79. The molecular formula is C18H33IN4O2. The van der Waals surface area contributed by atoms with Crippen LogP contribution in [0.15, 0.2) is 27.8 Å². The van der Waals surface area contributed by atoms with Crippen LogP contribution in [0.25, 0.3) is 0 Å². The molecule has 0 aliphatic carbocycles. The van der Waals surface area contributed by atoms with Crippen LogP contribution < -0.4 is 16.0 Å². The molecule has 0 radical (unpaired) electrons. The van der Waals surface area contributed by atoms with Gasteiger partial charge in [-0.2, -0.15) is 0 Å². The van der Waals surface area contributed by atoms with Crippen molar-refractivity contribution < 1.29 is 9.21 Å². The number of rotatable bonds is 9. The Morgan fingerprint density at radius 3 is 2.56 bits per heavy atom. The van der Waals surface area contributed by atoms with Crippen LogP contribution in [0.1, 0.15) is 40.4 Å². The topological polar surface area (TPSA) is 78.7 Å². The van der Waals surface area contributed by atoms with Crippen molar-refractivity contribution in [2.24, 2.45) is 16.3 Å². The maximum atomic E-state index is 12.1. The average Bonchev–Trinajstić information content (AvgIpc) is 3.02.